The summed E-state index contributed by atoms with van der Waals surface area (Å²) in [7, 11) is -2.07. The maximum atomic E-state index is 12.8. The molecule has 0 aromatic heterocycles. The van der Waals surface area contributed by atoms with E-state index in [2.05, 4.69) is 5.73 Å². The van der Waals surface area contributed by atoms with Gasteiger partial charge in [0.2, 0.25) is 21.6 Å². The van der Waals surface area contributed by atoms with E-state index in [1.807, 2.05) is 0 Å². The fourth-order valence-corrected chi connectivity index (χ4v) is 6.06. The van der Waals surface area contributed by atoms with Crippen LogP contribution in [0.3, 0.4) is 0 Å². The molecule has 13 heteroatoms. The zero-order valence-electron chi connectivity index (χ0n) is 15.9. The van der Waals surface area contributed by atoms with E-state index < -0.39 is 46.2 Å². The number of carbonyl (C=O) groups is 3. The van der Waals surface area contributed by atoms with Gasteiger partial charge >= 0.3 is 6.09 Å². The van der Waals surface area contributed by atoms with Crippen molar-refractivity contribution >= 4 is 27.7 Å². The van der Waals surface area contributed by atoms with Crippen LogP contribution >= 0.6 is 0 Å². The van der Waals surface area contributed by atoms with Gasteiger partial charge in [0.25, 0.3) is 0 Å². The number of allylic oxidation sites excluding steroid dienone is 2. The van der Waals surface area contributed by atoms with E-state index in [0.29, 0.717) is 0 Å². The number of methoxy groups -OCH3 is 1. The number of nitrogens with zero attached hydrogens (tertiary/aromatic N) is 2. The van der Waals surface area contributed by atoms with Crippen LogP contribution in [0.15, 0.2) is 22.5 Å². The molecule has 0 bridgehead atoms. The molecule has 6 N–H and O–H groups in total. The second-order valence-electron chi connectivity index (χ2n) is 7.20. The standard InChI is InChI=1S/C15H19N3O6S.CH3NO2/c1-6-10(16)13(21)9-7(5-19)15(24-2)14-8(18(14)25(3,22)23)4-17(15)11(9)12(6)20;2-1(3)4/h7-8,14,19H,4-5,16H2,1-3H3;2H2,(H,3,4). The van der Waals surface area contributed by atoms with Crippen molar-refractivity contribution in [2.45, 2.75) is 24.7 Å². The Hall–Kier alpha value is -2.48. The number of carboxylic acid groups (broad SMARTS) is 1. The zero-order chi connectivity index (χ0) is 22.0. The molecule has 0 saturated carbocycles. The quantitative estimate of drug-likeness (QED) is 0.275. The Morgan fingerprint density at radius 3 is 2.34 bits per heavy atom. The van der Waals surface area contributed by atoms with Gasteiger partial charge in [-0.3, -0.25) is 9.59 Å². The Bertz CT molecular complexity index is 957. The van der Waals surface area contributed by atoms with E-state index in [-0.39, 0.29) is 40.9 Å². The number of rotatable bonds is 3. The fourth-order valence-electron chi connectivity index (χ4n) is 4.74. The number of sulfonamides is 1. The van der Waals surface area contributed by atoms with E-state index in [1.54, 1.807) is 4.90 Å². The first-order valence-corrected chi connectivity index (χ1v) is 10.4. The molecule has 2 saturated heterocycles. The van der Waals surface area contributed by atoms with Gasteiger partial charge < -0.3 is 31.3 Å². The summed E-state index contributed by atoms with van der Waals surface area (Å²) in [5, 5.41) is 17.2. The predicted molar refractivity (Wildman–Crippen MR) is 97.4 cm³/mol. The minimum atomic E-state index is -3.47. The summed E-state index contributed by atoms with van der Waals surface area (Å²) in [5.41, 5.74) is 8.87. The maximum absolute atomic E-state index is 12.8. The number of hydrogen-bond donors (Lipinski definition) is 4. The highest BCUT2D eigenvalue weighted by Gasteiger charge is 2.78. The van der Waals surface area contributed by atoms with Crippen LogP contribution in [-0.2, 0) is 24.3 Å². The molecule has 0 spiro atoms. The van der Waals surface area contributed by atoms with Crippen molar-refractivity contribution in [1.29, 1.82) is 0 Å². The molecule has 0 aromatic rings. The number of Topliss-reactive ketones (excluding diaryl/α,β-unsaturated/α-hetero) is 2. The zero-order valence-corrected chi connectivity index (χ0v) is 16.8. The van der Waals surface area contributed by atoms with Gasteiger partial charge in [0.05, 0.1) is 42.3 Å². The lowest BCUT2D eigenvalue weighted by atomic mass is 9.82. The molecule has 5 atom stereocenters. The molecule has 4 rings (SSSR count). The van der Waals surface area contributed by atoms with Crippen LogP contribution in [0.5, 0.6) is 0 Å². The number of piperazine rings is 1. The van der Waals surface area contributed by atoms with E-state index >= 15 is 0 Å². The molecule has 3 aliphatic heterocycles. The van der Waals surface area contributed by atoms with Gasteiger partial charge in [-0.2, -0.15) is 4.31 Å². The van der Waals surface area contributed by atoms with Crippen molar-refractivity contribution in [3.8, 4) is 0 Å². The molecule has 0 radical (unpaired) electrons. The average Bonchev–Trinajstić information content (AvgIpc) is 3.15. The van der Waals surface area contributed by atoms with Gasteiger partial charge in [-0.05, 0) is 6.92 Å². The third-order valence-electron chi connectivity index (χ3n) is 5.81. The first-order chi connectivity index (χ1) is 13.4. The van der Waals surface area contributed by atoms with Crippen LogP contribution in [0.4, 0.5) is 4.79 Å². The molecule has 3 heterocycles. The van der Waals surface area contributed by atoms with Gasteiger partial charge in [-0.1, -0.05) is 0 Å². The van der Waals surface area contributed by atoms with Gasteiger partial charge in [-0.25, -0.2) is 13.2 Å². The number of carbonyl (C=O) groups excluding carboxylic acids is 2. The lowest BCUT2D eigenvalue weighted by Crippen LogP contribution is -2.55. The minimum Gasteiger partial charge on any atom is -0.465 e. The first kappa shape index (κ1) is 21.2. The number of aliphatic hydroxyl groups is 1. The molecule has 0 aromatic carbocycles. The molecule has 1 aliphatic carbocycles. The molecule has 29 heavy (non-hydrogen) atoms. The molecular weight excluding hydrogens is 408 g/mol. The Labute approximate surface area is 166 Å². The summed E-state index contributed by atoms with van der Waals surface area (Å²) in [4.78, 5) is 35.9. The third kappa shape index (κ3) is 2.68. The predicted octanol–water partition coefficient (Wildman–Crippen LogP) is -2.46. The Morgan fingerprint density at radius 2 is 1.90 bits per heavy atom. The molecule has 2 fully saturated rings. The highest BCUT2D eigenvalue weighted by Crippen LogP contribution is 2.60. The number of fused-ring (bicyclic) bond motifs is 4. The lowest BCUT2D eigenvalue weighted by molar-refractivity contribution is -0.141. The number of nitrogens with two attached hydrogens (primary N) is 2. The number of aliphatic hydroxyl groups excluding tert-OH is 1. The van der Waals surface area contributed by atoms with Gasteiger partial charge in [0.1, 0.15) is 0 Å². The third-order valence-corrected chi connectivity index (χ3v) is 7.07. The second kappa shape index (κ2) is 6.52. The van der Waals surface area contributed by atoms with Crippen LogP contribution in [-0.4, -0.2) is 89.8 Å². The van der Waals surface area contributed by atoms with Crippen LogP contribution < -0.4 is 11.5 Å². The summed E-state index contributed by atoms with van der Waals surface area (Å²) in [6, 6.07) is -0.901. The second-order valence-corrected chi connectivity index (χ2v) is 9.09. The molecular formula is C16H22N4O8S. The summed E-state index contributed by atoms with van der Waals surface area (Å²) < 4.78 is 31.1. The highest BCUT2D eigenvalue weighted by molar-refractivity contribution is 7.88. The van der Waals surface area contributed by atoms with Crippen molar-refractivity contribution in [3.05, 3.63) is 22.5 Å². The van der Waals surface area contributed by atoms with Crippen LogP contribution in [0.2, 0.25) is 0 Å². The van der Waals surface area contributed by atoms with Crippen molar-refractivity contribution in [2.75, 3.05) is 26.5 Å². The van der Waals surface area contributed by atoms with Crippen LogP contribution in [0, 0.1) is 5.92 Å². The number of amides is 1. The highest BCUT2D eigenvalue weighted by atomic mass is 32.2. The lowest BCUT2D eigenvalue weighted by Gasteiger charge is -2.40. The maximum Gasteiger partial charge on any atom is 0.402 e. The summed E-state index contributed by atoms with van der Waals surface area (Å²) in [6.45, 7) is 1.25. The number of hydrogen-bond acceptors (Lipinski definition) is 9. The Balaban J connectivity index is 0.000000552. The average molecular weight is 430 g/mol. The summed E-state index contributed by atoms with van der Waals surface area (Å²) >= 11 is 0. The smallest absolute Gasteiger partial charge is 0.402 e. The van der Waals surface area contributed by atoms with Crippen molar-refractivity contribution in [2.24, 2.45) is 17.4 Å². The van der Waals surface area contributed by atoms with Crippen molar-refractivity contribution in [3.63, 3.8) is 0 Å². The first-order valence-electron chi connectivity index (χ1n) is 8.56. The van der Waals surface area contributed by atoms with E-state index in [1.165, 1.54) is 18.3 Å². The monoisotopic (exact) mass is 430 g/mol. The van der Waals surface area contributed by atoms with Crippen LogP contribution in [0.1, 0.15) is 6.92 Å². The van der Waals surface area contributed by atoms with Gasteiger partial charge in [-0.15, -0.1) is 0 Å². The van der Waals surface area contributed by atoms with Crippen molar-refractivity contribution < 1.29 is 37.8 Å². The topological polar surface area (TPSA) is 193 Å². The molecule has 1 amide bonds. The molecule has 4 aliphatic rings. The molecule has 5 unspecified atom stereocenters. The Morgan fingerprint density at radius 1 is 1.34 bits per heavy atom. The minimum absolute atomic E-state index is 0.122. The fraction of sp³-hybridized carbons (Fsp3) is 0.562. The Kier molecular flexibility index (Phi) is 4.77. The molecule has 160 valence electrons. The van der Waals surface area contributed by atoms with Gasteiger partial charge in [0.15, 0.2) is 5.72 Å². The van der Waals surface area contributed by atoms with E-state index in [9.17, 15) is 23.1 Å². The van der Waals surface area contributed by atoms with Crippen molar-refractivity contribution in [1.82, 2.24) is 9.21 Å². The molecule has 12 nitrogen and oxygen atoms in total. The van der Waals surface area contributed by atoms with E-state index in [0.717, 1.165) is 6.26 Å². The van der Waals surface area contributed by atoms with Gasteiger partial charge in [0, 0.05) is 24.8 Å². The number of ketones is 2. The number of primary amides is 1. The summed E-state index contributed by atoms with van der Waals surface area (Å²) in [5.74, 6) is -1.73. The van der Waals surface area contributed by atoms with Crippen LogP contribution in [0.25, 0.3) is 0 Å². The normalized spacial score (nSPS) is 35.1. The number of ether oxygens (including phenoxy) is 1. The largest absolute Gasteiger partial charge is 0.465 e. The SMILES string of the molecule is COC12C(CO)C3=C(C(=O)C(C)=C(N)C3=O)N1CC1C2N1S(C)(=O)=O.NC(=O)O. The van der Waals surface area contributed by atoms with E-state index in [4.69, 9.17) is 20.4 Å². The summed E-state index contributed by atoms with van der Waals surface area (Å²) in [6.07, 6.45) is -0.227.